The van der Waals surface area contributed by atoms with E-state index in [1.54, 1.807) is 36.4 Å². The van der Waals surface area contributed by atoms with Crippen LogP contribution in [-0.2, 0) is 0 Å². The number of furan rings is 1. The van der Waals surface area contributed by atoms with Crippen LogP contribution in [0.1, 0.15) is 37.6 Å². The van der Waals surface area contributed by atoms with Crippen molar-refractivity contribution in [2.24, 2.45) is 0 Å². The van der Waals surface area contributed by atoms with Crippen LogP contribution in [0.15, 0.2) is 46.9 Å². The van der Waals surface area contributed by atoms with Gasteiger partial charge in [-0.1, -0.05) is 24.3 Å². The molecule has 0 atom stereocenters. The highest BCUT2D eigenvalue weighted by Gasteiger charge is 2.30. The molecule has 0 radical (unpaired) electrons. The fourth-order valence-electron chi connectivity index (χ4n) is 2.76. The van der Waals surface area contributed by atoms with Crippen LogP contribution in [0, 0.1) is 6.92 Å². The van der Waals surface area contributed by atoms with E-state index in [0.717, 1.165) is 11.1 Å². The lowest BCUT2D eigenvalue weighted by atomic mass is 9.83. The maximum atomic E-state index is 12.5. The summed E-state index contributed by atoms with van der Waals surface area (Å²) in [6.07, 6.45) is 0. The molecular weight excluding hydrogens is 252 g/mol. The van der Waals surface area contributed by atoms with E-state index in [4.69, 9.17) is 4.42 Å². The van der Waals surface area contributed by atoms with Gasteiger partial charge in [0.2, 0.25) is 0 Å². The van der Waals surface area contributed by atoms with Gasteiger partial charge in [-0.25, -0.2) is 0 Å². The highest BCUT2D eigenvalue weighted by Crippen LogP contribution is 2.31. The lowest BCUT2D eigenvalue weighted by molar-refractivity contribution is 0.0979. The molecule has 0 saturated heterocycles. The first kappa shape index (κ1) is 11.2. The van der Waals surface area contributed by atoms with Gasteiger partial charge in [0.15, 0.2) is 11.6 Å². The zero-order valence-electron chi connectivity index (χ0n) is 10.8. The van der Waals surface area contributed by atoms with E-state index < -0.39 is 0 Å². The highest BCUT2D eigenvalue weighted by atomic mass is 16.3. The summed E-state index contributed by atoms with van der Waals surface area (Å²) in [6.45, 7) is 1.84. The summed E-state index contributed by atoms with van der Waals surface area (Å²) in [4.78, 5) is 25.0. The van der Waals surface area contributed by atoms with Crippen molar-refractivity contribution < 1.29 is 14.0 Å². The van der Waals surface area contributed by atoms with E-state index in [-0.39, 0.29) is 11.6 Å². The number of rotatable bonds is 0. The average molecular weight is 262 g/mol. The van der Waals surface area contributed by atoms with E-state index in [2.05, 4.69) is 0 Å². The minimum Gasteiger partial charge on any atom is -0.461 e. The van der Waals surface area contributed by atoms with Crippen molar-refractivity contribution in [3.63, 3.8) is 0 Å². The molecule has 20 heavy (non-hydrogen) atoms. The van der Waals surface area contributed by atoms with Gasteiger partial charge in [-0.2, -0.15) is 0 Å². The summed E-state index contributed by atoms with van der Waals surface area (Å²) in [5.41, 5.74) is 2.47. The van der Waals surface area contributed by atoms with Crippen molar-refractivity contribution >= 4 is 22.5 Å². The molecule has 1 heterocycles. The Labute approximate surface area is 114 Å². The smallest absolute Gasteiger partial charge is 0.194 e. The largest absolute Gasteiger partial charge is 0.461 e. The van der Waals surface area contributed by atoms with Crippen molar-refractivity contribution in [1.82, 2.24) is 0 Å². The van der Waals surface area contributed by atoms with Crippen molar-refractivity contribution in [2.45, 2.75) is 6.92 Å². The fraction of sp³-hybridized carbons (Fsp3) is 0.0588. The number of hydrogen-bond donors (Lipinski definition) is 0. The molecule has 3 aromatic rings. The molecule has 0 amide bonds. The third-order valence-corrected chi connectivity index (χ3v) is 3.69. The lowest BCUT2D eigenvalue weighted by Gasteiger charge is -2.16. The molecule has 1 aromatic heterocycles. The fourth-order valence-corrected chi connectivity index (χ4v) is 2.76. The quantitative estimate of drug-likeness (QED) is 0.487. The first-order valence-corrected chi connectivity index (χ1v) is 6.38. The zero-order chi connectivity index (χ0) is 13.9. The van der Waals surface area contributed by atoms with Crippen molar-refractivity contribution in [1.29, 1.82) is 0 Å². The molecule has 0 bridgehead atoms. The Morgan fingerprint density at radius 2 is 1.40 bits per heavy atom. The number of ketones is 2. The molecule has 0 spiro atoms. The molecule has 1 aliphatic rings. The normalized spacial score (nSPS) is 13.4. The molecule has 0 fully saturated rings. The first-order valence-electron chi connectivity index (χ1n) is 6.38. The van der Waals surface area contributed by atoms with Crippen LogP contribution in [0.3, 0.4) is 0 Å². The second kappa shape index (κ2) is 3.67. The summed E-state index contributed by atoms with van der Waals surface area (Å²) >= 11 is 0. The van der Waals surface area contributed by atoms with Gasteiger partial charge in [0, 0.05) is 27.6 Å². The van der Waals surface area contributed by atoms with Crippen LogP contribution >= 0.6 is 0 Å². The number of fused-ring (bicyclic) bond motifs is 3. The Hall–Kier alpha value is -2.68. The molecule has 0 unspecified atom stereocenters. The molecule has 3 nitrogen and oxygen atoms in total. The molecule has 0 N–H and O–H groups in total. The van der Waals surface area contributed by atoms with Crippen LogP contribution in [-0.4, -0.2) is 11.6 Å². The van der Waals surface area contributed by atoms with Crippen LogP contribution in [0.4, 0.5) is 0 Å². The second-order valence-corrected chi connectivity index (χ2v) is 5.00. The number of benzene rings is 2. The second-order valence-electron chi connectivity index (χ2n) is 5.00. The molecule has 4 rings (SSSR count). The molecule has 0 aliphatic heterocycles. The predicted molar refractivity (Wildman–Crippen MR) is 74.3 cm³/mol. The minimum atomic E-state index is -0.119. The average Bonchev–Trinajstić information content (AvgIpc) is 2.82. The summed E-state index contributed by atoms with van der Waals surface area (Å²) in [5.74, 6) is 0.543. The van der Waals surface area contributed by atoms with Crippen molar-refractivity contribution in [2.75, 3.05) is 0 Å². The van der Waals surface area contributed by atoms with Crippen LogP contribution in [0.2, 0.25) is 0 Å². The van der Waals surface area contributed by atoms with Crippen molar-refractivity contribution in [3.8, 4) is 0 Å². The van der Waals surface area contributed by atoms with Gasteiger partial charge in [0.05, 0.1) is 0 Å². The third kappa shape index (κ3) is 1.35. The molecule has 96 valence electrons. The Balaban J connectivity index is 2.07. The SMILES string of the molecule is Cc1cc2cc3c(cc2o1)C(=O)c1ccccc1C3=O. The Kier molecular flexibility index (Phi) is 2.05. The van der Waals surface area contributed by atoms with E-state index >= 15 is 0 Å². The van der Waals surface area contributed by atoms with Crippen LogP contribution in [0.5, 0.6) is 0 Å². The van der Waals surface area contributed by atoms with Gasteiger partial charge in [-0.15, -0.1) is 0 Å². The van der Waals surface area contributed by atoms with Crippen LogP contribution < -0.4 is 0 Å². The lowest BCUT2D eigenvalue weighted by Crippen LogP contribution is -2.20. The molecule has 0 saturated carbocycles. The van der Waals surface area contributed by atoms with Gasteiger partial charge in [-0.05, 0) is 25.1 Å². The van der Waals surface area contributed by atoms with E-state index in [1.165, 1.54) is 0 Å². The van der Waals surface area contributed by atoms with E-state index in [1.807, 2.05) is 13.0 Å². The summed E-state index contributed by atoms with van der Waals surface area (Å²) in [5, 5.41) is 0.849. The van der Waals surface area contributed by atoms with Gasteiger partial charge in [-0.3, -0.25) is 9.59 Å². The predicted octanol–water partition coefficient (Wildman–Crippen LogP) is 3.52. The minimum absolute atomic E-state index is 0.101. The maximum absolute atomic E-state index is 12.5. The number of carbonyl (C=O) groups is 2. The molecule has 3 heteroatoms. The zero-order valence-corrected chi connectivity index (χ0v) is 10.8. The summed E-state index contributed by atoms with van der Waals surface area (Å²) in [6, 6.07) is 12.2. The van der Waals surface area contributed by atoms with Gasteiger partial charge in [0.25, 0.3) is 0 Å². The summed E-state index contributed by atoms with van der Waals surface area (Å²) < 4.78 is 5.54. The number of carbonyl (C=O) groups excluding carboxylic acids is 2. The maximum Gasteiger partial charge on any atom is 0.194 e. The van der Waals surface area contributed by atoms with E-state index in [9.17, 15) is 9.59 Å². The first-order chi connectivity index (χ1) is 9.65. The van der Waals surface area contributed by atoms with Crippen molar-refractivity contribution in [3.05, 3.63) is 70.5 Å². The van der Waals surface area contributed by atoms with E-state index in [0.29, 0.717) is 27.8 Å². The molecule has 2 aromatic carbocycles. The monoisotopic (exact) mass is 262 g/mol. The van der Waals surface area contributed by atoms with Crippen LogP contribution in [0.25, 0.3) is 11.0 Å². The molecular formula is C17H10O3. The molecule has 1 aliphatic carbocycles. The number of aryl methyl sites for hydroxylation is 1. The standard InChI is InChI=1S/C17H10O3/c1-9-6-10-7-13-14(8-15(10)20-9)17(19)12-5-3-2-4-11(12)16(13)18/h2-8H,1H3. The van der Waals surface area contributed by atoms with Gasteiger partial charge >= 0.3 is 0 Å². The van der Waals surface area contributed by atoms with Gasteiger partial charge in [0.1, 0.15) is 11.3 Å². The Bertz CT molecular complexity index is 828. The topological polar surface area (TPSA) is 47.3 Å². The Morgan fingerprint density at radius 3 is 2.05 bits per heavy atom. The highest BCUT2D eigenvalue weighted by molar-refractivity contribution is 6.29. The summed E-state index contributed by atoms with van der Waals surface area (Å²) in [7, 11) is 0. The third-order valence-electron chi connectivity index (χ3n) is 3.69. The Morgan fingerprint density at radius 1 is 0.800 bits per heavy atom. The number of hydrogen-bond acceptors (Lipinski definition) is 3. The van der Waals surface area contributed by atoms with Gasteiger partial charge < -0.3 is 4.42 Å².